The van der Waals surface area contributed by atoms with Crippen molar-refractivity contribution in [1.29, 1.82) is 0 Å². The van der Waals surface area contributed by atoms with Crippen molar-refractivity contribution in [3.63, 3.8) is 0 Å². The third-order valence-corrected chi connectivity index (χ3v) is 14.4. The van der Waals surface area contributed by atoms with Crippen LogP contribution in [0.5, 0.6) is 0 Å². The summed E-state index contributed by atoms with van der Waals surface area (Å²) in [6, 6.07) is 0. The summed E-state index contributed by atoms with van der Waals surface area (Å²) in [5.74, 6) is 0. The Bertz CT molecular complexity index is 1760. The topological polar surface area (TPSA) is 60.7 Å². The highest BCUT2D eigenvalue weighted by Gasteiger charge is 2.50. The number of benzene rings is 3. The van der Waals surface area contributed by atoms with Crippen molar-refractivity contribution >= 4 is 11.6 Å². The maximum atomic E-state index is 10.2. The first-order valence-electron chi connectivity index (χ1n) is 18.5. The summed E-state index contributed by atoms with van der Waals surface area (Å²) in [5, 5.41) is 29.9. The molecule has 0 radical (unpaired) electrons. The van der Waals surface area contributed by atoms with Crippen molar-refractivity contribution in [3.05, 3.63) is 100 Å². The Balaban J connectivity index is 0.000000116. The smallest absolute Gasteiger partial charge is 0.0914 e. The van der Waals surface area contributed by atoms with Gasteiger partial charge in [0.05, 0.1) is 22.7 Å². The van der Waals surface area contributed by atoms with Gasteiger partial charge in [0.2, 0.25) is 0 Å². The fraction of sp³-hybridized carbons (Fsp3) is 0.600. The van der Waals surface area contributed by atoms with Crippen LogP contribution in [-0.2, 0) is 70.8 Å². The van der Waals surface area contributed by atoms with Crippen LogP contribution in [0.2, 0.25) is 0 Å². The number of hydrogen-bond acceptors (Lipinski definition) is 3. The van der Waals surface area contributed by atoms with Crippen LogP contribution in [0.15, 0.2) is 0 Å². The molecule has 0 aliphatic heterocycles. The van der Waals surface area contributed by atoms with E-state index in [4.69, 9.17) is 11.6 Å². The molecule has 0 aromatic heterocycles. The van der Waals surface area contributed by atoms with Gasteiger partial charge in [0, 0.05) is 18.3 Å². The molecule has 4 heteroatoms. The Hall–Kier alpha value is -2.17. The highest BCUT2D eigenvalue weighted by molar-refractivity contribution is 6.25. The predicted molar refractivity (Wildman–Crippen MR) is 203 cm³/mol. The predicted octanol–water partition coefficient (Wildman–Crippen LogP) is 8.92. The summed E-state index contributed by atoms with van der Waals surface area (Å²) >= 11 is 6.53. The van der Waals surface area contributed by atoms with Gasteiger partial charge in [-0.2, -0.15) is 0 Å². The minimum Gasteiger partial charge on any atom is -0.395 e. The molecule has 264 valence electrons. The van der Waals surface area contributed by atoms with E-state index in [0.717, 1.165) is 47.9 Å². The van der Waals surface area contributed by atoms with E-state index < -0.39 is 11.2 Å². The van der Waals surface area contributed by atoms with Crippen LogP contribution in [0, 0.1) is 41.5 Å². The van der Waals surface area contributed by atoms with Gasteiger partial charge in [-0.1, -0.05) is 34.6 Å². The standard InChI is InChI=1S/C16H22O.C15H19Cl.C14H18O2/c1-9-10(2)14-12(7-16(14,5)8-17)11-6-15(3,4)13(9)11;1-8-9(2)13-11(7-15(13,5)16)10-6-14(3,4)12(8)10;1-7-8(2)12-10(6-14(12,4)16)9-5-13(3,15)11(7)9/h17H,6-8H2,1-5H3;6-7H2,1-5H3;15-16H,5-6H2,1-4H3. The van der Waals surface area contributed by atoms with Gasteiger partial charge in [0.15, 0.2) is 0 Å². The summed E-state index contributed by atoms with van der Waals surface area (Å²) in [4.78, 5) is -0.0983. The second kappa shape index (κ2) is 10.2. The average Bonchev–Trinajstić information content (AvgIpc) is 2.93. The summed E-state index contributed by atoms with van der Waals surface area (Å²) in [7, 11) is 0. The molecule has 0 amide bonds. The SMILES string of the molecule is Cc1c(C)c2c(c3c1C(C)(C)C3)CC2(C)CO.Cc1c(C)c2c(c3c1C(C)(C)C3)CC2(C)Cl.Cc1c(C)c2c(c3c1C(C)(O)C3)CC2(C)O. The zero-order valence-electron chi connectivity index (χ0n) is 32.7. The molecule has 4 atom stereocenters. The molecular weight excluding hydrogens is 624 g/mol. The lowest BCUT2D eigenvalue weighted by Gasteiger charge is -2.51. The van der Waals surface area contributed by atoms with Crippen molar-refractivity contribution < 1.29 is 15.3 Å². The summed E-state index contributed by atoms with van der Waals surface area (Å²) < 4.78 is 0. The van der Waals surface area contributed by atoms with Crippen LogP contribution < -0.4 is 0 Å². The Morgan fingerprint density at radius 3 is 1.08 bits per heavy atom. The van der Waals surface area contributed by atoms with Gasteiger partial charge in [-0.25, -0.2) is 0 Å². The average molecular weight is 683 g/mol. The quantitative estimate of drug-likeness (QED) is 0.225. The van der Waals surface area contributed by atoms with Gasteiger partial charge in [-0.3, -0.25) is 0 Å². The molecule has 49 heavy (non-hydrogen) atoms. The van der Waals surface area contributed by atoms with Crippen molar-refractivity contribution in [2.24, 2.45) is 0 Å². The molecule has 0 saturated heterocycles. The fourth-order valence-electron chi connectivity index (χ4n) is 11.7. The Labute approximate surface area is 300 Å². The monoisotopic (exact) mass is 682 g/mol. The van der Waals surface area contributed by atoms with E-state index in [1.165, 1.54) is 57.3 Å². The second-order valence-corrected chi connectivity index (χ2v) is 20.0. The van der Waals surface area contributed by atoms with Crippen LogP contribution in [-0.4, -0.2) is 21.9 Å². The van der Waals surface area contributed by atoms with Crippen LogP contribution in [0.3, 0.4) is 0 Å². The molecule has 6 aliphatic rings. The molecular formula is C45H59ClO3. The zero-order valence-corrected chi connectivity index (χ0v) is 33.4. The van der Waals surface area contributed by atoms with Gasteiger partial charge < -0.3 is 15.3 Å². The molecule has 0 spiro atoms. The largest absolute Gasteiger partial charge is 0.395 e. The Morgan fingerprint density at radius 2 is 0.735 bits per heavy atom. The van der Waals surface area contributed by atoms with Gasteiger partial charge in [0.25, 0.3) is 0 Å². The van der Waals surface area contributed by atoms with Gasteiger partial charge >= 0.3 is 0 Å². The van der Waals surface area contributed by atoms with E-state index in [-0.39, 0.29) is 16.9 Å². The molecule has 3 aromatic rings. The fourth-order valence-corrected chi connectivity index (χ4v) is 12.1. The van der Waals surface area contributed by atoms with E-state index in [1.54, 1.807) is 33.4 Å². The summed E-state index contributed by atoms with van der Waals surface area (Å²) in [6.07, 6.45) is 6.05. The Kier molecular flexibility index (Phi) is 7.37. The number of aliphatic hydroxyl groups excluding tert-OH is 1. The molecule has 9 rings (SSSR count). The number of aliphatic hydroxyl groups is 3. The number of rotatable bonds is 1. The molecule has 0 fully saturated rings. The van der Waals surface area contributed by atoms with E-state index in [1.807, 2.05) is 13.8 Å². The lowest BCUT2D eigenvalue weighted by atomic mass is 9.53. The minimum atomic E-state index is -0.652. The first-order valence-corrected chi connectivity index (χ1v) is 18.9. The molecule has 3 aromatic carbocycles. The van der Waals surface area contributed by atoms with Crippen LogP contribution in [0.4, 0.5) is 0 Å². The second-order valence-electron chi connectivity index (χ2n) is 19.2. The van der Waals surface area contributed by atoms with Crippen molar-refractivity contribution in [2.45, 2.75) is 168 Å². The van der Waals surface area contributed by atoms with Crippen molar-refractivity contribution in [3.8, 4) is 0 Å². The number of alkyl halides is 1. The maximum absolute atomic E-state index is 10.2. The van der Waals surface area contributed by atoms with Crippen LogP contribution >= 0.6 is 11.6 Å². The molecule has 3 N–H and O–H groups in total. The van der Waals surface area contributed by atoms with Gasteiger partial charge in [-0.15, -0.1) is 11.6 Å². The summed E-state index contributed by atoms with van der Waals surface area (Å²) in [5.41, 5.74) is 24.8. The van der Waals surface area contributed by atoms with E-state index in [0.29, 0.717) is 10.8 Å². The normalized spacial score (nSPS) is 30.5. The molecule has 0 bridgehead atoms. The summed E-state index contributed by atoms with van der Waals surface area (Å²) in [6.45, 7) is 30.9. The third-order valence-electron chi connectivity index (χ3n) is 14.1. The third kappa shape index (κ3) is 4.57. The van der Waals surface area contributed by atoms with Crippen molar-refractivity contribution in [2.75, 3.05) is 6.61 Å². The molecule has 0 saturated carbocycles. The zero-order chi connectivity index (χ0) is 36.3. The van der Waals surface area contributed by atoms with E-state index >= 15 is 0 Å². The van der Waals surface area contributed by atoms with Crippen LogP contribution in [0.1, 0.15) is 156 Å². The minimum absolute atomic E-state index is 0.0267. The first-order chi connectivity index (χ1) is 22.3. The molecule has 4 unspecified atom stereocenters. The number of hydrogen-bond donors (Lipinski definition) is 3. The Morgan fingerprint density at radius 1 is 0.429 bits per heavy atom. The lowest BCUT2D eigenvalue weighted by molar-refractivity contribution is 0.0144. The van der Waals surface area contributed by atoms with E-state index in [9.17, 15) is 15.3 Å². The molecule has 3 nitrogen and oxygen atoms in total. The molecule has 0 heterocycles. The van der Waals surface area contributed by atoms with Crippen LogP contribution in [0.25, 0.3) is 0 Å². The number of halogens is 1. The lowest BCUT2D eigenvalue weighted by Crippen LogP contribution is -2.46. The highest BCUT2D eigenvalue weighted by atomic mass is 35.5. The molecule has 6 aliphatic carbocycles. The van der Waals surface area contributed by atoms with Crippen molar-refractivity contribution in [1.82, 2.24) is 0 Å². The van der Waals surface area contributed by atoms with E-state index in [2.05, 4.69) is 83.1 Å². The van der Waals surface area contributed by atoms with Gasteiger partial charge in [-0.05, 0) is 199 Å². The first kappa shape index (κ1) is 35.2. The van der Waals surface area contributed by atoms with Gasteiger partial charge in [0.1, 0.15) is 0 Å². The maximum Gasteiger partial charge on any atom is 0.0914 e. The highest BCUT2D eigenvalue weighted by Crippen LogP contribution is 2.57. The number of fused-ring (bicyclic) bond motifs is 9.